The van der Waals surface area contributed by atoms with Gasteiger partial charge in [0, 0.05) is 0 Å². The number of aryl methyl sites for hydroxylation is 1. The summed E-state index contributed by atoms with van der Waals surface area (Å²) in [5.41, 5.74) is 1.24. The Kier molecular flexibility index (Phi) is 3.83. The third-order valence-corrected chi connectivity index (χ3v) is 2.57. The Morgan fingerprint density at radius 2 is 1.80 bits per heavy atom. The van der Waals surface area contributed by atoms with Crippen molar-refractivity contribution in [2.24, 2.45) is 5.92 Å². The molecule has 0 aliphatic rings. The van der Waals surface area contributed by atoms with Gasteiger partial charge in [-0.25, -0.2) is 4.39 Å². The second-order valence-corrected chi connectivity index (χ2v) is 4.18. The molecule has 0 heterocycles. The summed E-state index contributed by atoms with van der Waals surface area (Å²) in [6, 6.07) is 4.21. The number of hydrogen-bond acceptors (Lipinski definition) is 2. The summed E-state index contributed by atoms with van der Waals surface area (Å²) in [4.78, 5) is 0. The van der Waals surface area contributed by atoms with Crippen molar-refractivity contribution in [1.29, 1.82) is 0 Å². The van der Waals surface area contributed by atoms with E-state index in [1.54, 1.807) is 13.0 Å². The van der Waals surface area contributed by atoms with Gasteiger partial charge in [0.2, 0.25) is 0 Å². The van der Waals surface area contributed by atoms with Gasteiger partial charge in [-0.05, 0) is 36.1 Å². The molecule has 15 heavy (non-hydrogen) atoms. The molecule has 0 aromatic heterocycles. The Morgan fingerprint density at radius 1 is 1.20 bits per heavy atom. The monoisotopic (exact) mass is 212 g/mol. The summed E-state index contributed by atoms with van der Waals surface area (Å²) in [6.45, 7) is 5.40. The second-order valence-electron chi connectivity index (χ2n) is 4.18. The molecule has 84 valence electrons. The third-order valence-electron chi connectivity index (χ3n) is 2.57. The molecular weight excluding hydrogens is 195 g/mol. The van der Waals surface area contributed by atoms with Crippen molar-refractivity contribution < 1.29 is 14.6 Å². The lowest BCUT2D eigenvalue weighted by atomic mass is 9.93. The van der Waals surface area contributed by atoms with Crippen LogP contribution in [0.1, 0.15) is 31.1 Å². The van der Waals surface area contributed by atoms with Crippen molar-refractivity contribution in [3.8, 4) is 0 Å². The van der Waals surface area contributed by atoms with Crippen molar-refractivity contribution in [3.63, 3.8) is 0 Å². The smallest absolute Gasteiger partial charge is 0.123 e. The molecule has 1 rings (SSSR count). The van der Waals surface area contributed by atoms with Crippen LogP contribution < -0.4 is 0 Å². The lowest BCUT2D eigenvalue weighted by molar-refractivity contribution is -0.00984. The number of halogens is 1. The molecule has 2 atom stereocenters. The van der Waals surface area contributed by atoms with Crippen molar-refractivity contribution in [2.45, 2.75) is 33.0 Å². The van der Waals surface area contributed by atoms with Crippen molar-refractivity contribution in [2.75, 3.05) is 0 Å². The average molecular weight is 212 g/mol. The van der Waals surface area contributed by atoms with Gasteiger partial charge in [0.25, 0.3) is 0 Å². The fraction of sp³-hybridized carbons (Fsp3) is 0.500. The average Bonchev–Trinajstić information content (AvgIpc) is 2.19. The highest BCUT2D eigenvalue weighted by molar-refractivity contribution is 5.29. The first-order chi connectivity index (χ1) is 6.93. The normalized spacial score (nSPS) is 15.4. The summed E-state index contributed by atoms with van der Waals surface area (Å²) < 4.78 is 13.0. The zero-order valence-electron chi connectivity index (χ0n) is 9.24. The van der Waals surface area contributed by atoms with Crippen molar-refractivity contribution in [1.82, 2.24) is 0 Å². The number of hydrogen-bond donors (Lipinski definition) is 2. The van der Waals surface area contributed by atoms with Crippen LogP contribution >= 0.6 is 0 Å². The molecule has 2 nitrogen and oxygen atoms in total. The van der Waals surface area contributed by atoms with Crippen LogP contribution in [-0.2, 0) is 0 Å². The first-order valence-corrected chi connectivity index (χ1v) is 5.05. The van der Waals surface area contributed by atoms with E-state index in [2.05, 4.69) is 0 Å². The van der Waals surface area contributed by atoms with E-state index in [0.29, 0.717) is 5.56 Å². The third kappa shape index (κ3) is 2.76. The lowest BCUT2D eigenvalue weighted by Gasteiger charge is -2.22. The number of benzene rings is 1. The molecule has 3 heteroatoms. The van der Waals surface area contributed by atoms with Gasteiger partial charge in [-0.15, -0.1) is 0 Å². The molecule has 1 aromatic rings. The molecule has 0 aliphatic carbocycles. The summed E-state index contributed by atoms with van der Waals surface area (Å²) in [6.07, 6.45) is -1.90. The Morgan fingerprint density at radius 3 is 2.33 bits per heavy atom. The number of aliphatic hydroxyl groups is 2. The molecule has 0 aliphatic heterocycles. The maximum Gasteiger partial charge on any atom is 0.123 e. The molecule has 1 aromatic carbocycles. The van der Waals surface area contributed by atoms with Crippen molar-refractivity contribution in [3.05, 3.63) is 35.1 Å². The molecule has 0 fully saturated rings. The Hall–Kier alpha value is -0.930. The molecule has 0 saturated heterocycles. The Balaban J connectivity index is 2.99. The second kappa shape index (κ2) is 4.73. The first kappa shape index (κ1) is 12.1. The maximum absolute atomic E-state index is 13.0. The molecule has 0 spiro atoms. The predicted molar refractivity (Wildman–Crippen MR) is 56.9 cm³/mol. The maximum atomic E-state index is 13.0. The fourth-order valence-electron chi connectivity index (χ4n) is 1.48. The molecule has 2 N–H and O–H groups in total. The minimum absolute atomic E-state index is 0.0670. The highest BCUT2D eigenvalue weighted by atomic mass is 19.1. The Labute approximate surface area is 89.4 Å². The quantitative estimate of drug-likeness (QED) is 0.806. The zero-order chi connectivity index (χ0) is 11.6. The van der Waals surface area contributed by atoms with Crippen molar-refractivity contribution >= 4 is 0 Å². The molecular formula is C12H17FO2. The number of rotatable bonds is 3. The highest BCUT2D eigenvalue weighted by Crippen LogP contribution is 2.25. The van der Waals surface area contributed by atoms with Crippen LogP contribution in [0.5, 0.6) is 0 Å². The lowest BCUT2D eigenvalue weighted by Crippen LogP contribution is -2.24. The van der Waals surface area contributed by atoms with Gasteiger partial charge in [-0.2, -0.15) is 0 Å². The van der Waals surface area contributed by atoms with E-state index in [0.717, 1.165) is 5.56 Å². The van der Waals surface area contributed by atoms with Gasteiger partial charge in [0.05, 0.1) is 6.10 Å². The van der Waals surface area contributed by atoms with Gasteiger partial charge in [0.1, 0.15) is 11.9 Å². The van der Waals surface area contributed by atoms with Gasteiger partial charge in [-0.3, -0.25) is 0 Å². The van der Waals surface area contributed by atoms with Crippen LogP contribution in [-0.4, -0.2) is 16.3 Å². The van der Waals surface area contributed by atoms with Crippen LogP contribution in [0.3, 0.4) is 0 Å². The highest BCUT2D eigenvalue weighted by Gasteiger charge is 2.23. The van der Waals surface area contributed by atoms with E-state index in [4.69, 9.17) is 0 Å². The van der Waals surface area contributed by atoms with Gasteiger partial charge in [0.15, 0.2) is 0 Å². The largest absolute Gasteiger partial charge is 0.390 e. The minimum Gasteiger partial charge on any atom is -0.390 e. The molecule has 0 amide bonds. The summed E-state index contributed by atoms with van der Waals surface area (Å²) >= 11 is 0. The molecule has 0 radical (unpaired) electrons. The first-order valence-electron chi connectivity index (χ1n) is 5.05. The van der Waals surface area contributed by atoms with Gasteiger partial charge < -0.3 is 10.2 Å². The van der Waals surface area contributed by atoms with Gasteiger partial charge in [-0.1, -0.05) is 19.9 Å². The number of aliphatic hydroxyl groups excluding tert-OH is 2. The summed E-state index contributed by atoms with van der Waals surface area (Å²) in [5, 5.41) is 19.5. The van der Waals surface area contributed by atoms with E-state index in [1.807, 2.05) is 13.8 Å². The standard InChI is InChI=1S/C12H17FO2/c1-7(2)11(14)12(15)10-6-9(13)5-4-8(10)3/h4-7,11-12,14-15H,1-3H3. The molecule has 0 bridgehead atoms. The topological polar surface area (TPSA) is 40.5 Å². The van der Waals surface area contributed by atoms with E-state index < -0.39 is 18.0 Å². The Bertz CT molecular complexity index is 336. The SMILES string of the molecule is Cc1ccc(F)cc1C(O)C(O)C(C)C. The van der Waals surface area contributed by atoms with Crippen LogP contribution in [0.15, 0.2) is 18.2 Å². The molecule has 0 saturated carbocycles. The zero-order valence-corrected chi connectivity index (χ0v) is 9.24. The van der Waals surface area contributed by atoms with Crippen LogP contribution in [0.4, 0.5) is 4.39 Å². The predicted octanol–water partition coefficient (Wildman–Crippen LogP) is 2.18. The summed E-state index contributed by atoms with van der Waals surface area (Å²) in [7, 11) is 0. The van der Waals surface area contributed by atoms with Crippen LogP contribution in [0.2, 0.25) is 0 Å². The minimum atomic E-state index is -1.03. The van der Waals surface area contributed by atoms with E-state index in [9.17, 15) is 14.6 Å². The van der Waals surface area contributed by atoms with E-state index in [1.165, 1.54) is 12.1 Å². The van der Waals surface area contributed by atoms with E-state index in [-0.39, 0.29) is 5.92 Å². The van der Waals surface area contributed by atoms with Gasteiger partial charge >= 0.3 is 0 Å². The van der Waals surface area contributed by atoms with Crippen LogP contribution in [0, 0.1) is 18.7 Å². The fourth-order valence-corrected chi connectivity index (χ4v) is 1.48. The van der Waals surface area contributed by atoms with Crippen LogP contribution in [0.25, 0.3) is 0 Å². The summed E-state index contributed by atoms with van der Waals surface area (Å²) in [5.74, 6) is -0.465. The van der Waals surface area contributed by atoms with E-state index >= 15 is 0 Å². The molecule has 2 unspecified atom stereocenters.